The van der Waals surface area contributed by atoms with Gasteiger partial charge < -0.3 is 5.73 Å². The largest absolute Gasteiger partial charge is 0.389 e. The lowest BCUT2D eigenvalue weighted by Crippen LogP contribution is -2.39. The molecule has 1 saturated heterocycles. The summed E-state index contributed by atoms with van der Waals surface area (Å²) < 4.78 is 26.7. The van der Waals surface area contributed by atoms with Crippen molar-refractivity contribution in [1.82, 2.24) is 4.31 Å². The summed E-state index contributed by atoms with van der Waals surface area (Å²) in [5.41, 5.74) is 6.08. The average molecular weight is 333 g/mol. The first-order valence-corrected chi connectivity index (χ1v) is 8.64. The van der Waals surface area contributed by atoms with Crippen molar-refractivity contribution in [2.24, 2.45) is 11.7 Å². The second-order valence-electron chi connectivity index (χ2n) is 5.12. The minimum absolute atomic E-state index is 0.119. The average Bonchev–Trinajstić information content (AvgIpc) is 2.38. The molecule has 0 aromatic heterocycles. The fraction of sp³-hybridized carbons (Fsp3) is 0.462. The minimum Gasteiger partial charge on any atom is -0.389 e. The van der Waals surface area contributed by atoms with Crippen LogP contribution in [0.2, 0.25) is 5.02 Å². The number of sulfonamides is 1. The lowest BCUT2D eigenvalue weighted by atomic mass is 10.0. The highest BCUT2D eigenvalue weighted by Gasteiger charge is 2.30. The van der Waals surface area contributed by atoms with Crippen LogP contribution < -0.4 is 5.73 Å². The molecule has 0 bridgehead atoms. The van der Waals surface area contributed by atoms with Gasteiger partial charge in [-0.05, 0) is 30.9 Å². The molecule has 1 aliphatic rings. The Morgan fingerprint density at radius 2 is 2.20 bits per heavy atom. The van der Waals surface area contributed by atoms with Crippen molar-refractivity contribution >= 4 is 38.8 Å². The molecule has 1 aromatic rings. The van der Waals surface area contributed by atoms with Crippen molar-refractivity contribution in [2.45, 2.75) is 24.7 Å². The van der Waals surface area contributed by atoms with Crippen LogP contribution in [0.25, 0.3) is 0 Å². The smallest absolute Gasteiger partial charge is 0.244 e. The Bertz CT molecular complexity index is 631. The van der Waals surface area contributed by atoms with Gasteiger partial charge in [-0.2, -0.15) is 4.31 Å². The molecule has 0 radical (unpaired) electrons. The molecule has 20 heavy (non-hydrogen) atoms. The van der Waals surface area contributed by atoms with Gasteiger partial charge in [0, 0.05) is 18.7 Å². The van der Waals surface area contributed by atoms with E-state index < -0.39 is 10.0 Å². The highest BCUT2D eigenvalue weighted by Crippen LogP contribution is 2.28. The van der Waals surface area contributed by atoms with Crippen LogP contribution in [0.5, 0.6) is 0 Å². The molecular weight excluding hydrogens is 316 g/mol. The molecule has 2 rings (SSSR count). The third kappa shape index (κ3) is 3.14. The van der Waals surface area contributed by atoms with Gasteiger partial charge in [-0.25, -0.2) is 8.42 Å². The summed E-state index contributed by atoms with van der Waals surface area (Å²) in [4.78, 5) is 0.315. The van der Waals surface area contributed by atoms with Gasteiger partial charge in [0.2, 0.25) is 10.0 Å². The summed E-state index contributed by atoms with van der Waals surface area (Å²) in [5, 5.41) is 0.161. The Labute approximate surface area is 130 Å². The SMILES string of the molecule is CC1CCCN(S(=O)(=O)c2ccc(C(N)=S)cc2Cl)C1. The lowest BCUT2D eigenvalue weighted by Gasteiger charge is -2.30. The van der Waals surface area contributed by atoms with Gasteiger partial charge in [-0.15, -0.1) is 0 Å². The van der Waals surface area contributed by atoms with Crippen LogP contribution in [-0.2, 0) is 10.0 Å². The summed E-state index contributed by atoms with van der Waals surface area (Å²) in [6.45, 7) is 3.13. The number of hydrogen-bond donors (Lipinski definition) is 1. The number of hydrogen-bond acceptors (Lipinski definition) is 3. The zero-order valence-corrected chi connectivity index (χ0v) is 13.6. The normalized spacial score (nSPS) is 20.8. The summed E-state index contributed by atoms with van der Waals surface area (Å²) >= 11 is 11.0. The van der Waals surface area contributed by atoms with E-state index in [1.165, 1.54) is 16.4 Å². The van der Waals surface area contributed by atoms with Gasteiger partial charge in [0.1, 0.15) is 9.88 Å². The summed E-state index contributed by atoms with van der Waals surface area (Å²) in [6.07, 6.45) is 1.93. The molecule has 0 spiro atoms. The Hall–Kier alpha value is -0.690. The number of halogens is 1. The van der Waals surface area contributed by atoms with E-state index in [1.54, 1.807) is 6.07 Å². The monoisotopic (exact) mass is 332 g/mol. The molecule has 0 aliphatic carbocycles. The lowest BCUT2D eigenvalue weighted by molar-refractivity contribution is 0.281. The molecule has 7 heteroatoms. The molecule has 1 unspecified atom stereocenters. The second kappa shape index (κ2) is 5.97. The quantitative estimate of drug-likeness (QED) is 0.863. The van der Waals surface area contributed by atoms with Gasteiger partial charge in [0.25, 0.3) is 0 Å². The zero-order chi connectivity index (χ0) is 14.9. The Balaban J connectivity index is 2.36. The molecule has 1 aliphatic heterocycles. The molecule has 0 saturated carbocycles. The number of rotatable bonds is 3. The van der Waals surface area contributed by atoms with Gasteiger partial charge in [0.05, 0.1) is 5.02 Å². The van der Waals surface area contributed by atoms with E-state index in [0.29, 0.717) is 24.6 Å². The molecular formula is C13H17ClN2O2S2. The third-order valence-electron chi connectivity index (χ3n) is 3.45. The van der Waals surface area contributed by atoms with E-state index >= 15 is 0 Å². The first-order valence-electron chi connectivity index (χ1n) is 6.42. The Kier molecular flexibility index (Phi) is 4.69. The molecule has 4 nitrogen and oxygen atoms in total. The van der Waals surface area contributed by atoms with Crippen LogP contribution in [0.3, 0.4) is 0 Å². The van der Waals surface area contributed by atoms with Crippen LogP contribution >= 0.6 is 23.8 Å². The predicted molar refractivity (Wildman–Crippen MR) is 84.5 cm³/mol. The molecule has 2 N–H and O–H groups in total. The molecule has 1 heterocycles. The van der Waals surface area contributed by atoms with Crippen molar-refractivity contribution in [3.05, 3.63) is 28.8 Å². The molecule has 1 fully saturated rings. The highest BCUT2D eigenvalue weighted by molar-refractivity contribution is 7.89. The van der Waals surface area contributed by atoms with Gasteiger partial charge in [-0.1, -0.05) is 36.8 Å². The minimum atomic E-state index is -3.55. The fourth-order valence-electron chi connectivity index (χ4n) is 2.37. The van der Waals surface area contributed by atoms with E-state index in [4.69, 9.17) is 29.6 Å². The van der Waals surface area contributed by atoms with E-state index in [9.17, 15) is 8.42 Å². The van der Waals surface area contributed by atoms with Crippen molar-refractivity contribution in [2.75, 3.05) is 13.1 Å². The van der Waals surface area contributed by atoms with Gasteiger partial charge in [-0.3, -0.25) is 0 Å². The van der Waals surface area contributed by atoms with Crippen LogP contribution in [-0.4, -0.2) is 30.8 Å². The molecule has 110 valence electrons. The number of thiocarbonyl (C=S) groups is 1. The highest BCUT2D eigenvalue weighted by atomic mass is 35.5. The van der Waals surface area contributed by atoms with Crippen molar-refractivity contribution in [1.29, 1.82) is 0 Å². The topological polar surface area (TPSA) is 63.4 Å². The number of nitrogens with zero attached hydrogens (tertiary/aromatic N) is 1. The van der Waals surface area contributed by atoms with Crippen LogP contribution in [0.1, 0.15) is 25.3 Å². The maximum absolute atomic E-state index is 12.6. The van der Waals surface area contributed by atoms with E-state index in [-0.39, 0.29) is 14.9 Å². The van der Waals surface area contributed by atoms with E-state index in [1.807, 2.05) is 0 Å². The third-order valence-corrected chi connectivity index (χ3v) is 6.04. The molecule has 0 amide bonds. The maximum Gasteiger partial charge on any atom is 0.244 e. The standard InChI is InChI=1S/C13H17ClN2O2S2/c1-9-3-2-6-16(8-9)20(17,18)12-5-4-10(13(15)19)7-11(12)14/h4-5,7,9H,2-3,6,8H2,1H3,(H2,15,19). The van der Waals surface area contributed by atoms with Crippen molar-refractivity contribution < 1.29 is 8.42 Å². The summed E-state index contributed by atoms with van der Waals surface area (Å²) in [6, 6.07) is 4.57. The number of nitrogens with two attached hydrogens (primary N) is 1. The van der Waals surface area contributed by atoms with Crippen LogP contribution in [0, 0.1) is 5.92 Å². The molecule has 1 aromatic carbocycles. The van der Waals surface area contributed by atoms with Crippen molar-refractivity contribution in [3.63, 3.8) is 0 Å². The summed E-state index contributed by atoms with van der Waals surface area (Å²) in [5.74, 6) is 0.369. The van der Waals surface area contributed by atoms with Gasteiger partial charge in [0.15, 0.2) is 0 Å². The number of benzene rings is 1. The first kappa shape index (κ1) is 15.7. The first-order chi connectivity index (χ1) is 9.32. The predicted octanol–water partition coefficient (Wildman–Crippen LogP) is 2.39. The zero-order valence-electron chi connectivity index (χ0n) is 11.2. The number of piperidine rings is 1. The van der Waals surface area contributed by atoms with E-state index in [2.05, 4.69) is 6.92 Å². The molecule has 1 atom stereocenters. The van der Waals surface area contributed by atoms with E-state index in [0.717, 1.165) is 12.8 Å². The maximum atomic E-state index is 12.6. The Morgan fingerprint density at radius 1 is 1.50 bits per heavy atom. The Morgan fingerprint density at radius 3 is 2.75 bits per heavy atom. The van der Waals surface area contributed by atoms with Crippen LogP contribution in [0.4, 0.5) is 0 Å². The fourth-order valence-corrected chi connectivity index (χ4v) is 4.61. The van der Waals surface area contributed by atoms with Gasteiger partial charge >= 0.3 is 0 Å². The van der Waals surface area contributed by atoms with Crippen molar-refractivity contribution in [3.8, 4) is 0 Å². The second-order valence-corrected chi connectivity index (χ2v) is 7.87. The summed E-state index contributed by atoms with van der Waals surface area (Å²) in [7, 11) is -3.55. The van der Waals surface area contributed by atoms with Crippen LogP contribution in [0.15, 0.2) is 23.1 Å².